The van der Waals surface area contributed by atoms with E-state index >= 15 is 0 Å². The van der Waals surface area contributed by atoms with Crippen LogP contribution in [-0.4, -0.2) is 211 Å². The Morgan fingerprint density at radius 2 is 1.09 bits per heavy atom. The van der Waals surface area contributed by atoms with Crippen LogP contribution in [0.2, 0.25) is 0 Å². The standard InChI is InChI=1S/C34H59NO20/c1-4-5-6-7-8-9-10-48-31-19(35-15(3)39)28(22(42)17(12-37)50-31)53-34-30(55-32-26(46)24(44)20(40)14(2)49-32)29(23(43)18(13-38)52-34)54-33-27(47)25(45)21(41)16(11-36)51-33/h4,14,16-34,36-38,40-47H,1,5-13H2,2-3H3,(H,35,39)/t14-,16+,17+,18+,19+,20+,21-,22+,23-,24+,25-,26-,27+,28+,29-,30+,31+,32-,33+,34-/m0/s1. The van der Waals surface area contributed by atoms with Crippen molar-refractivity contribution in [3.05, 3.63) is 12.7 Å². The van der Waals surface area contributed by atoms with Crippen molar-refractivity contribution < 1.29 is 98.9 Å². The number of carbonyl (C=O) groups is 1. The Morgan fingerprint density at radius 3 is 1.69 bits per heavy atom. The van der Waals surface area contributed by atoms with Crippen LogP contribution in [0.5, 0.6) is 0 Å². The normalized spacial score (nSPS) is 45.3. The Hall–Kier alpha value is -1.55. The lowest BCUT2D eigenvalue weighted by Crippen LogP contribution is -2.70. The van der Waals surface area contributed by atoms with E-state index in [0.717, 1.165) is 25.7 Å². The van der Waals surface area contributed by atoms with E-state index in [2.05, 4.69) is 11.9 Å². The molecule has 4 rings (SSSR count). The number of carbonyl (C=O) groups excluding carboxylic acids is 1. The molecule has 4 saturated heterocycles. The zero-order valence-corrected chi connectivity index (χ0v) is 30.8. The van der Waals surface area contributed by atoms with Crippen molar-refractivity contribution in [1.29, 1.82) is 0 Å². The number of nitrogens with one attached hydrogen (secondary N) is 1. The smallest absolute Gasteiger partial charge is 0.217 e. The number of unbranched alkanes of at least 4 members (excludes halogenated alkanes) is 4. The van der Waals surface area contributed by atoms with Gasteiger partial charge in [0.15, 0.2) is 25.2 Å². The second-order valence-corrected chi connectivity index (χ2v) is 14.2. The highest BCUT2D eigenvalue weighted by Crippen LogP contribution is 2.36. The predicted octanol–water partition coefficient (Wildman–Crippen LogP) is -5.42. The summed E-state index contributed by atoms with van der Waals surface area (Å²) in [5.74, 6) is -0.597. The lowest BCUT2D eigenvalue weighted by Gasteiger charge is -2.51. The summed E-state index contributed by atoms with van der Waals surface area (Å²) in [5, 5.41) is 119. The SMILES string of the molecule is C=CCCCCCCO[C@@H]1O[C@H](CO)[C@@H](O)[C@H](O[C@@H]2O[C@H](CO)[C@H](O)[C@H](O[C@H]3O[C@H](CO)[C@H](O)[C@H](O)[C@H]3O)[C@H]2O[C@@H]2O[C@@H](C)[C@@H](O)[C@@H](O)[C@@H]2O)[C@H]1NC(C)=O. The van der Waals surface area contributed by atoms with Gasteiger partial charge in [0.25, 0.3) is 0 Å². The molecule has 55 heavy (non-hydrogen) atoms. The van der Waals surface area contributed by atoms with Crippen molar-refractivity contribution in [2.45, 2.75) is 169 Å². The van der Waals surface area contributed by atoms with Crippen LogP contribution in [0.25, 0.3) is 0 Å². The molecule has 4 aliphatic heterocycles. The molecule has 0 aliphatic carbocycles. The Morgan fingerprint density at radius 1 is 0.600 bits per heavy atom. The molecule has 320 valence electrons. The summed E-state index contributed by atoms with van der Waals surface area (Å²) in [6, 6.07) is -1.29. The summed E-state index contributed by atoms with van der Waals surface area (Å²) in [5.41, 5.74) is 0. The van der Waals surface area contributed by atoms with Crippen molar-refractivity contribution in [2.24, 2.45) is 0 Å². The van der Waals surface area contributed by atoms with Crippen LogP contribution in [-0.2, 0) is 42.7 Å². The summed E-state index contributed by atoms with van der Waals surface area (Å²) in [6.45, 7) is 3.95. The van der Waals surface area contributed by atoms with Gasteiger partial charge in [-0.3, -0.25) is 4.79 Å². The molecule has 0 spiro atoms. The number of hydrogen-bond donors (Lipinski definition) is 12. The first-order valence-corrected chi connectivity index (χ1v) is 18.5. The molecule has 0 bridgehead atoms. The minimum absolute atomic E-state index is 0.151. The maximum Gasteiger partial charge on any atom is 0.217 e. The molecule has 0 saturated carbocycles. The van der Waals surface area contributed by atoms with E-state index in [1.807, 2.05) is 6.08 Å². The van der Waals surface area contributed by atoms with Crippen LogP contribution in [0.1, 0.15) is 46.0 Å². The molecule has 0 aromatic heterocycles. The van der Waals surface area contributed by atoms with Crippen LogP contribution < -0.4 is 5.32 Å². The van der Waals surface area contributed by atoms with E-state index in [-0.39, 0.29) is 6.61 Å². The molecule has 21 nitrogen and oxygen atoms in total. The molecule has 0 radical (unpaired) electrons. The Labute approximate surface area is 317 Å². The third-order valence-corrected chi connectivity index (χ3v) is 10.1. The lowest BCUT2D eigenvalue weighted by atomic mass is 9.94. The summed E-state index contributed by atoms with van der Waals surface area (Å²) in [6.07, 6.45) is -26.2. The third-order valence-electron chi connectivity index (χ3n) is 10.1. The molecule has 12 N–H and O–H groups in total. The minimum Gasteiger partial charge on any atom is -0.394 e. The van der Waals surface area contributed by atoms with Gasteiger partial charge in [-0.25, -0.2) is 0 Å². The number of allylic oxidation sites excluding steroid dienone is 1. The molecular weight excluding hydrogens is 742 g/mol. The van der Waals surface area contributed by atoms with Gasteiger partial charge in [0.05, 0.1) is 25.9 Å². The van der Waals surface area contributed by atoms with E-state index in [0.29, 0.717) is 6.42 Å². The van der Waals surface area contributed by atoms with Crippen molar-refractivity contribution in [1.82, 2.24) is 5.32 Å². The molecule has 0 unspecified atom stereocenters. The Balaban J connectivity index is 1.69. The number of aliphatic hydroxyl groups is 11. The highest BCUT2D eigenvalue weighted by Gasteiger charge is 2.56. The maximum absolute atomic E-state index is 12.5. The van der Waals surface area contributed by atoms with Crippen molar-refractivity contribution >= 4 is 5.91 Å². The molecule has 20 atom stereocenters. The maximum atomic E-state index is 12.5. The second kappa shape index (κ2) is 21.5. The summed E-state index contributed by atoms with van der Waals surface area (Å²) < 4.78 is 47.1. The Bertz CT molecular complexity index is 1170. The number of amides is 1. The van der Waals surface area contributed by atoms with Crippen LogP contribution in [0.15, 0.2) is 12.7 Å². The fraction of sp³-hybridized carbons (Fsp3) is 0.912. The van der Waals surface area contributed by atoms with E-state index in [1.165, 1.54) is 13.8 Å². The van der Waals surface area contributed by atoms with Crippen LogP contribution >= 0.6 is 0 Å². The average Bonchev–Trinajstić information content (AvgIpc) is 3.16. The van der Waals surface area contributed by atoms with Crippen LogP contribution in [0.3, 0.4) is 0 Å². The summed E-state index contributed by atoms with van der Waals surface area (Å²) in [7, 11) is 0. The number of rotatable bonds is 18. The zero-order chi connectivity index (χ0) is 40.6. The molecular formula is C34H59NO20. The predicted molar refractivity (Wildman–Crippen MR) is 181 cm³/mol. The third kappa shape index (κ3) is 11.1. The fourth-order valence-electron chi connectivity index (χ4n) is 6.93. The van der Waals surface area contributed by atoms with Gasteiger partial charge >= 0.3 is 0 Å². The van der Waals surface area contributed by atoms with Crippen molar-refractivity contribution in [2.75, 3.05) is 26.4 Å². The monoisotopic (exact) mass is 801 g/mol. The van der Waals surface area contributed by atoms with Gasteiger partial charge in [0.1, 0.15) is 91.5 Å². The lowest BCUT2D eigenvalue weighted by molar-refractivity contribution is -0.401. The van der Waals surface area contributed by atoms with Gasteiger partial charge in [-0.2, -0.15) is 0 Å². The second-order valence-electron chi connectivity index (χ2n) is 14.2. The van der Waals surface area contributed by atoms with Gasteiger partial charge < -0.3 is 99.4 Å². The molecule has 1 amide bonds. The first-order chi connectivity index (χ1) is 26.2. The summed E-state index contributed by atoms with van der Waals surface area (Å²) in [4.78, 5) is 12.5. The molecule has 0 aromatic rings. The highest BCUT2D eigenvalue weighted by atomic mass is 16.8. The van der Waals surface area contributed by atoms with Crippen LogP contribution in [0, 0.1) is 0 Å². The molecule has 4 fully saturated rings. The minimum atomic E-state index is -1.99. The van der Waals surface area contributed by atoms with Crippen LogP contribution in [0.4, 0.5) is 0 Å². The molecule has 0 aromatic carbocycles. The van der Waals surface area contributed by atoms with E-state index in [1.54, 1.807) is 0 Å². The van der Waals surface area contributed by atoms with Gasteiger partial charge in [-0.1, -0.05) is 18.9 Å². The first kappa shape index (κ1) is 46.1. The van der Waals surface area contributed by atoms with E-state index in [4.69, 9.17) is 37.9 Å². The fourth-order valence-corrected chi connectivity index (χ4v) is 6.93. The van der Waals surface area contributed by atoms with Gasteiger partial charge in [-0.15, -0.1) is 6.58 Å². The number of aliphatic hydroxyl groups excluding tert-OH is 11. The topological polar surface area (TPSA) is 325 Å². The summed E-state index contributed by atoms with van der Waals surface area (Å²) >= 11 is 0. The van der Waals surface area contributed by atoms with E-state index in [9.17, 15) is 61.0 Å². The molecule has 4 aliphatic rings. The highest BCUT2D eigenvalue weighted by molar-refractivity contribution is 5.73. The van der Waals surface area contributed by atoms with Crippen molar-refractivity contribution in [3.63, 3.8) is 0 Å². The number of ether oxygens (including phenoxy) is 8. The zero-order valence-electron chi connectivity index (χ0n) is 30.8. The van der Waals surface area contributed by atoms with Crippen molar-refractivity contribution in [3.8, 4) is 0 Å². The van der Waals surface area contributed by atoms with Gasteiger partial charge in [-0.05, 0) is 26.2 Å². The largest absolute Gasteiger partial charge is 0.394 e. The van der Waals surface area contributed by atoms with E-state index < -0.39 is 148 Å². The quantitative estimate of drug-likeness (QED) is 0.0455. The number of hydrogen-bond acceptors (Lipinski definition) is 20. The first-order valence-electron chi connectivity index (χ1n) is 18.5. The van der Waals surface area contributed by atoms with Gasteiger partial charge in [0.2, 0.25) is 5.91 Å². The Kier molecular flexibility index (Phi) is 18.0. The van der Waals surface area contributed by atoms with Gasteiger partial charge in [0, 0.05) is 13.5 Å². The molecule has 4 heterocycles. The average molecular weight is 802 g/mol. The molecule has 21 heteroatoms.